The van der Waals surface area contributed by atoms with Crippen LogP contribution in [-0.4, -0.2) is 11.1 Å². The molecule has 5 heteroatoms. The Kier molecular flexibility index (Phi) is 6.82. The number of nitrogens with zero attached hydrogens (tertiary/aromatic N) is 1. The van der Waals surface area contributed by atoms with Crippen LogP contribution in [0.3, 0.4) is 0 Å². The fourth-order valence-electron chi connectivity index (χ4n) is 0.371. The Bertz CT molecular complexity index is 239. The first-order valence-electron chi connectivity index (χ1n) is 2.50. The molecule has 0 amide bonds. The molecule has 0 bridgehead atoms. The van der Waals surface area contributed by atoms with Gasteiger partial charge >= 0.3 is 6.15 Å². The molecule has 0 saturated carbocycles. The van der Waals surface area contributed by atoms with E-state index in [0.29, 0.717) is 0 Å². The van der Waals surface area contributed by atoms with E-state index in [1.807, 2.05) is 11.5 Å². The van der Waals surface area contributed by atoms with Crippen molar-refractivity contribution in [2.24, 2.45) is 0 Å². The number of halogens is 1. The molecule has 0 aromatic carbocycles. The summed E-state index contributed by atoms with van der Waals surface area (Å²) < 4.78 is 0. The average molecular weight is 234 g/mol. The van der Waals surface area contributed by atoms with Crippen LogP contribution < -0.4 is 0 Å². The molecule has 3 nitrogen and oxygen atoms in total. The van der Waals surface area contributed by atoms with Gasteiger partial charge in [-0.15, -0.1) is 11.3 Å². The van der Waals surface area contributed by atoms with E-state index < -0.39 is 0 Å². The van der Waals surface area contributed by atoms with E-state index in [4.69, 9.17) is 9.59 Å². The van der Waals surface area contributed by atoms with Gasteiger partial charge in [-0.25, -0.2) is 4.98 Å². The summed E-state index contributed by atoms with van der Waals surface area (Å²) in [5.74, 6) is 0. The monoisotopic (exact) mass is 233 g/mol. The largest absolute Gasteiger partial charge is 0.373 e. The minimum Gasteiger partial charge on any atom is -0.245 e. The Labute approximate surface area is 75.9 Å². The fraction of sp³-hybridized carbons (Fsp3) is 0. The van der Waals surface area contributed by atoms with Crippen molar-refractivity contribution < 1.29 is 9.59 Å². The van der Waals surface area contributed by atoms with E-state index >= 15 is 0 Å². The van der Waals surface area contributed by atoms with Crippen molar-refractivity contribution in [2.75, 3.05) is 0 Å². The molecule has 0 radical (unpaired) electrons. The van der Waals surface area contributed by atoms with E-state index in [9.17, 15) is 0 Å². The molecule has 0 aliphatic carbocycles. The van der Waals surface area contributed by atoms with Crippen LogP contribution in [0.1, 0.15) is 5.01 Å². The van der Waals surface area contributed by atoms with Gasteiger partial charge in [0.2, 0.25) is 0 Å². The van der Waals surface area contributed by atoms with Gasteiger partial charge in [0.25, 0.3) is 0 Å². The van der Waals surface area contributed by atoms with Crippen molar-refractivity contribution >= 4 is 39.5 Å². The van der Waals surface area contributed by atoms with Crippen LogP contribution in [0, 0.1) is 0 Å². The van der Waals surface area contributed by atoms with Crippen LogP contribution >= 0.6 is 27.3 Å². The van der Waals surface area contributed by atoms with Crippen LogP contribution in [0.5, 0.6) is 0 Å². The SMILES string of the molecule is Br/C=C\c1nccs1.O=C=O. The summed E-state index contributed by atoms with van der Waals surface area (Å²) in [6.07, 6.45) is 3.94. The molecule has 0 fully saturated rings. The van der Waals surface area contributed by atoms with Gasteiger partial charge in [0.05, 0.1) is 0 Å². The van der Waals surface area contributed by atoms with Crippen molar-refractivity contribution in [3.63, 3.8) is 0 Å². The average Bonchev–Trinajstić information content (AvgIpc) is 2.42. The summed E-state index contributed by atoms with van der Waals surface area (Å²) in [5.41, 5.74) is 0. The van der Waals surface area contributed by atoms with Gasteiger partial charge in [-0.2, -0.15) is 9.59 Å². The maximum atomic E-state index is 8.12. The Morgan fingerprint density at radius 2 is 2.27 bits per heavy atom. The Morgan fingerprint density at radius 3 is 2.64 bits per heavy atom. The zero-order chi connectivity index (χ0) is 8.53. The molecule has 0 N–H and O–H groups in total. The highest BCUT2D eigenvalue weighted by Gasteiger charge is 1.82. The van der Waals surface area contributed by atoms with Gasteiger partial charge in [-0.3, -0.25) is 0 Å². The number of hydrogen-bond acceptors (Lipinski definition) is 4. The maximum absolute atomic E-state index is 8.12. The number of thiazole rings is 1. The predicted molar refractivity (Wildman–Crippen MR) is 45.1 cm³/mol. The quantitative estimate of drug-likeness (QED) is 0.745. The van der Waals surface area contributed by atoms with Gasteiger partial charge in [0, 0.05) is 11.6 Å². The van der Waals surface area contributed by atoms with Gasteiger partial charge in [0.15, 0.2) is 0 Å². The highest BCUT2D eigenvalue weighted by Crippen LogP contribution is 2.06. The van der Waals surface area contributed by atoms with Crippen molar-refractivity contribution in [3.8, 4) is 0 Å². The number of aromatic nitrogens is 1. The molecule has 11 heavy (non-hydrogen) atoms. The number of hydrogen-bond donors (Lipinski definition) is 0. The second kappa shape index (κ2) is 7.34. The third-order valence-electron chi connectivity index (χ3n) is 0.657. The molecule has 58 valence electrons. The van der Waals surface area contributed by atoms with E-state index in [-0.39, 0.29) is 6.15 Å². The highest BCUT2D eigenvalue weighted by atomic mass is 79.9. The molecule has 0 unspecified atom stereocenters. The molecule has 0 aliphatic heterocycles. The molecule has 0 atom stereocenters. The summed E-state index contributed by atoms with van der Waals surface area (Å²) in [6.45, 7) is 0. The summed E-state index contributed by atoms with van der Waals surface area (Å²) in [4.78, 5) is 22.1. The first kappa shape index (κ1) is 10.2. The summed E-state index contributed by atoms with van der Waals surface area (Å²) in [5, 5.41) is 2.98. The normalized spacial score (nSPS) is 8.45. The highest BCUT2D eigenvalue weighted by molar-refractivity contribution is 9.11. The van der Waals surface area contributed by atoms with Crippen LogP contribution in [0.15, 0.2) is 16.6 Å². The van der Waals surface area contributed by atoms with Crippen LogP contribution in [0.2, 0.25) is 0 Å². The predicted octanol–water partition coefficient (Wildman–Crippen LogP) is 1.93. The van der Waals surface area contributed by atoms with E-state index in [0.717, 1.165) is 5.01 Å². The zero-order valence-electron chi connectivity index (χ0n) is 5.36. The van der Waals surface area contributed by atoms with Crippen LogP contribution in [-0.2, 0) is 9.59 Å². The molecule has 0 aliphatic rings. The lowest BCUT2D eigenvalue weighted by molar-refractivity contribution is -0.191. The third kappa shape index (κ3) is 5.66. The van der Waals surface area contributed by atoms with Crippen molar-refractivity contribution in [1.82, 2.24) is 4.98 Å². The third-order valence-corrected chi connectivity index (χ3v) is 1.66. The molecule has 1 aromatic rings. The summed E-state index contributed by atoms with van der Waals surface area (Å²) in [6, 6.07) is 0. The lowest BCUT2D eigenvalue weighted by atomic mass is 10.7. The molecular weight excluding hydrogens is 230 g/mol. The first-order valence-corrected chi connectivity index (χ1v) is 4.30. The fourth-order valence-corrected chi connectivity index (χ4v) is 1.33. The Morgan fingerprint density at radius 1 is 1.64 bits per heavy atom. The molecule has 0 saturated heterocycles. The van der Waals surface area contributed by atoms with Crippen molar-refractivity contribution in [3.05, 3.63) is 21.6 Å². The first-order chi connectivity index (χ1) is 5.35. The maximum Gasteiger partial charge on any atom is 0.373 e. The van der Waals surface area contributed by atoms with Gasteiger partial charge in [0.1, 0.15) is 5.01 Å². The molecule has 1 aromatic heterocycles. The van der Waals surface area contributed by atoms with Gasteiger partial charge in [-0.1, -0.05) is 15.9 Å². The number of carbonyl (C=O) groups excluding carboxylic acids is 2. The summed E-state index contributed by atoms with van der Waals surface area (Å²) >= 11 is 4.78. The van der Waals surface area contributed by atoms with Gasteiger partial charge in [-0.05, 0) is 11.1 Å². The van der Waals surface area contributed by atoms with Crippen molar-refractivity contribution in [2.45, 2.75) is 0 Å². The number of rotatable bonds is 1. The van der Waals surface area contributed by atoms with Crippen LogP contribution in [0.25, 0.3) is 6.08 Å². The lowest BCUT2D eigenvalue weighted by Gasteiger charge is -1.72. The second-order valence-electron chi connectivity index (χ2n) is 1.25. The second-order valence-corrected chi connectivity index (χ2v) is 2.70. The van der Waals surface area contributed by atoms with Crippen LogP contribution in [0.4, 0.5) is 0 Å². The molecule has 0 spiro atoms. The van der Waals surface area contributed by atoms with Gasteiger partial charge < -0.3 is 0 Å². The van der Waals surface area contributed by atoms with E-state index in [1.165, 1.54) is 0 Å². The Hall–Kier alpha value is -0.770. The minimum atomic E-state index is 0.250. The van der Waals surface area contributed by atoms with E-state index in [1.54, 1.807) is 22.5 Å². The lowest BCUT2D eigenvalue weighted by Crippen LogP contribution is -1.59. The van der Waals surface area contributed by atoms with E-state index in [2.05, 4.69) is 20.9 Å². The van der Waals surface area contributed by atoms with Crippen molar-refractivity contribution in [1.29, 1.82) is 0 Å². The molecule has 1 rings (SSSR count). The zero-order valence-corrected chi connectivity index (χ0v) is 7.76. The molecular formula is C6H4BrNO2S. The standard InChI is InChI=1S/C5H4BrNS.CO2/c6-2-1-5-7-3-4-8-5;2-1-3/h1-4H;/b2-1-;. The Balaban J connectivity index is 0.000000292. The smallest absolute Gasteiger partial charge is 0.245 e. The minimum absolute atomic E-state index is 0.250. The molecule has 1 heterocycles. The summed E-state index contributed by atoms with van der Waals surface area (Å²) in [7, 11) is 0. The topological polar surface area (TPSA) is 47.0 Å².